The molecule has 13 heavy (non-hydrogen) atoms. The van der Waals surface area contributed by atoms with Gasteiger partial charge < -0.3 is 4.57 Å². The zero-order valence-corrected chi connectivity index (χ0v) is 7.71. The van der Waals surface area contributed by atoms with Crippen LogP contribution in [0, 0.1) is 12.7 Å². The predicted molar refractivity (Wildman–Crippen MR) is 50.1 cm³/mol. The summed E-state index contributed by atoms with van der Waals surface area (Å²) in [6.45, 7) is 4.85. The summed E-state index contributed by atoms with van der Waals surface area (Å²) >= 11 is 0. The number of hydrogen-bond acceptors (Lipinski definition) is 1. The molecule has 0 saturated heterocycles. The highest BCUT2D eigenvalue weighted by Crippen LogP contribution is 2.16. The van der Waals surface area contributed by atoms with E-state index in [1.165, 1.54) is 12.1 Å². The molecule has 2 aromatic rings. The maximum Gasteiger partial charge on any atom is 0.125 e. The molecule has 68 valence electrons. The van der Waals surface area contributed by atoms with Gasteiger partial charge in [0.2, 0.25) is 0 Å². The molecule has 1 aromatic heterocycles. The van der Waals surface area contributed by atoms with Gasteiger partial charge in [-0.2, -0.15) is 0 Å². The fourth-order valence-corrected chi connectivity index (χ4v) is 1.62. The first-order valence-corrected chi connectivity index (χ1v) is 4.34. The van der Waals surface area contributed by atoms with Crippen molar-refractivity contribution < 1.29 is 4.39 Å². The molecule has 0 bridgehead atoms. The molecule has 0 aliphatic carbocycles. The highest BCUT2D eigenvalue weighted by Gasteiger charge is 2.05. The molecule has 0 unspecified atom stereocenters. The van der Waals surface area contributed by atoms with Crippen LogP contribution in [0.15, 0.2) is 18.2 Å². The molecular formula is C10H11FN2. The fraction of sp³-hybridized carbons (Fsp3) is 0.300. The standard InChI is InChI=1S/C10H11FN2/c1-3-13-7(2)12-9-6-8(11)4-5-10(9)13/h4-6H,3H2,1-2H3. The van der Waals surface area contributed by atoms with E-state index in [9.17, 15) is 4.39 Å². The van der Waals surface area contributed by atoms with Crippen LogP contribution in [0.1, 0.15) is 12.7 Å². The Hall–Kier alpha value is -1.38. The number of nitrogens with zero attached hydrogens (tertiary/aromatic N) is 2. The second-order valence-corrected chi connectivity index (χ2v) is 3.04. The Kier molecular flexibility index (Phi) is 1.79. The summed E-state index contributed by atoms with van der Waals surface area (Å²) < 4.78 is 14.9. The summed E-state index contributed by atoms with van der Waals surface area (Å²) in [6.07, 6.45) is 0. The van der Waals surface area contributed by atoms with Crippen LogP contribution in [-0.4, -0.2) is 9.55 Å². The molecule has 0 N–H and O–H groups in total. The Bertz CT molecular complexity index is 445. The molecule has 3 heteroatoms. The van der Waals surface area contributed by atoms with Crippen molar-refractivity contribution in [3.63, 3.8) is 0 Å². The van der Waals surface area contributed by atoms with Crippen LogP contribution < -0.4 is 0 Å². The van der Waals surface area contributed by atoms with Crippen LogP contribution in [0.4, 0.5) is 4.39 Å². The quantitative estimate of drug-likeness (QED) is 0.656. The van der Waals surface area contributed by atoms with Crippen molar-refractivity contribution >= 4 is 11.0 Å². The topological polar surface area (TPSA) is 17.8 Å². The highest BCUT2D eigenvalue weighted by atomic mass is 19.1. The molecule has 0 atom stereocenters. The predicted octanol–water partition coefficient (Wildman–Crippen LogP) is 2.50. The summed E-state index contributed by atoms with van der Waals surface area (Å²) in [6, 6.07) is 4.71. The number of rotatable bonds is 1. The van der Waals surface area contributed by atoms with Crippen molar-refractivity contribution in [2.24, 2.45) is 0 Å². The van der Waals surface area contributed by atoms with Crippen LogP contribution in [0.3, 0.4) is 0 Å². The molecule has 0 fully saturated rings. The van der Waals surface area contributed by atoms with Gasteiger partial charge in [-0.15, -0.1) is 0 Å². The maximum atomic E-state index is 12.8. The first-order valence-electron chi connectivity index (χ1n) is 4.34. The third-order valence-corrected chi connectivity index (χ3v) is 2.22. The van der Waals surface area contributed by atoms with Crippen molar-refractivity contribution in [2.75, 3.05) is 0 Å². The molecule has 0 aliphatic rings. The molecule has 0 amide bonds. The number of hydrogen-bond donors (Lipinski definition) is 0. The van der Waals surface area contributed by atoms with E-state index in [2.05, 4.69) is 16.5 Å². The fourth-order valence-electron chi connectivity index (χ4n) is 1.62. The normalized spacial score (nSPS) is 11.0. The molecule has 2 rings (SSSR count). The second kappa shape index (κ2) is 2.83. The minimum absolute atomic E-state index is 0.228. The summed E-state index contributed by atoms with van der Waals surface area (Å²) in [7, 11) is 0. The largest absolute Gasteiger partial charge is 0.329 e. The van der Waals surface area contributed by atoms with Crippen molar-refractivity contribution in [1.29, 1.82) is 0 Å². The summed E-state index contributed by atoms with van der Waals surface area (Å²) in [4.78, 5) is 4.27. The van der Waals surface area contributed by atoms with Crippen LogP contribution in [0.5, 0.6) is 0 Å². The number of halogens is 1. The zero-order chi connectivity index (χ0) is 9.42. The van der Waals surface area contributed by atoms with E-state index in [-0.39, 0.29) is 5.82 Å². The third kappa shape index (κ3) is 1.20. The molecular weight excluding hydrogens is 167 g/mol. The lowest BCUT2D eigenvalue weighted by atomic mass is 10.3. The number of imidazole rings is 1. The molecule has 0 radical (unpaired) electrons. The molecule has 0 spiro atoms. The average molecular weight is 178 g/mol. The van der Waals surface area contributed by atoms with Crippen LogP contribution in [-0.2, 0) is 6.54 Å². The minimum Gasteiger partial charge on any atom is -0.329 e. The van der Waals surface area contributed by atoms with E-state index >= 15 is 0 Å². The third-order valence-electron chi connectivity index (χ3n) is 2.22. The van der Waals surface area contributed by atoms with E-state index in [0.717, 1.165) is 23.4 Å². The van der Waals surface area contributed by atoms with Crippen molar-refractivity contribution in [2.45, 2.75) is 20.4 Å². The summed E-state index contributed by atoms with van der Waals surface area (Å²) in [5, 5.41) is 0. The van der Waals surface area contributed by atoms with Gasteiger partial charge in [0.25, 0.3) is 0 Å². The lowest BCUT2D eigenvalue weighted by Gasteiger charge is -2.00. The Balaban J connectivity index is 2.79. The van der Waals surface area contributed by atoms with Crippen LogP contribution >= 0.6 is 0 Å². The molecule has 2 nitrogen and oxygen atoms in total. The smallest absolute Gasteiger partial charge is 0.125 e. The van der Waals surface area contributed by atoms with Gasteiger partial charge in [-0.05, 0) is 26.0 Å². The van der Waals surface area contributed by atoms with Gasteiger partial charge in [-0.1, -0.05) is 0 Å². The summed E-state index contributed by atoms with van der Waals surface area (Å²) in [5.41, 5.74) is 1.74. The van der Waals surface area contributed by atoms with Gasteiger partial charge in [0.05, 0.1) is 11.0 Å². The SMILES string of the molecule is CCn1c(C)nc2cc(F)ccc21. The van der Waals surface area contributed by atoms with Crippen LogP contribution in [0.2, 0.25) is 0 Å². The first-order chi connectivity index (χ1) is 6.22. The minimum atomic E-state index is -0.228. The number of aryl methyl sites for hydroxylation is 2. The van der Waals surface area contributed by atoms with Gasteiger partial charge in [0.15, 0.2) is 0 Å². The lowest BCUT2D eigenvalue weighted by Crippen LogP contribution is -1.95. The number of aromatic nitrogens is 2. The van der Waals surface area contributed by atoms with Gasteiger partial charge in [-0.3, -0.25) is 0 Å². The van der Waals surface area contributed by atoms with E-state index < -0.39 is 0 Å². The number of fused-ring (bicyclic) bond motifs is 1. The Morgan fingerprint density at radius 1 is 1.46 bits per heavy atom. The zero-order valence-electron chi connectivity index (χ0n) is 7.71. The van der Waals surface area contributed by atoms with Crippen molar-refractivity contribution in [1.82, 2.24) is 9.55 Å². The molecule has 0 saturated carbocycles. The second-order valence-electron chi connectivity index (χ2n) is 3.04. The van der Waals surface area contributed by atoms with Crippen molar-refractivity contribution in [3.05, 3.63) is 29.8 Å². The lowest BCUT2D eigenvalue weighted by molar-refractivity contribution is 0.629. The van der Waals surface area contributed by atoms with E-state index in [1.54, 1.807) is 6.07 Å². The maximum absolute atomic E-state index is 12.8. The molecule has 1 aromatic carbocycles. The number of benzene rings is 1. The van der Waals surface area contributed by atoms with Gasteiger partial charge >= 0.3 is 0 Å². The van der Waals surface area contributed by atoms with Gasteiger partial charge in [0, 0.05) is 12.6 Å². The average Bonchev–Trinajstić information content (AvgIpc) is 2.39. The Morgan fingerprint density at radius 3 is 2.92 bits per heavy atom. The summed E-state index contributed by atoms with van der Waals surface area (Å²) in [5.74, 6) is 0.705. The van der Waals surface area contributed by atoms with Crippen LogP contribution in [0.25, 0.3) is 11.0 Å². The molecule has 1 heterocycles. The van der Waals surface area contributed by atoms with E-state index in [4.69, 9.17) is 0 Å². The Morgan fingerprint density at radius 2 is 2.23 bits per heavy atom. The monoisotopic (exact) mass is 178 g/mol. The van der Waals surface area contributed by atoms with Gasteiger partial charge in [-0.25, -0.2) is 9.37 Å². The Labute approximate surface area is 76.0 Å². The molecule has 0 aliphatic heterocycles. The highest BCUT2D eigenvalue weighted by molar-refractivity contribution is 5.75. The van der Waals surface area contributed by atoms with E-state index in [0.29, 0.717) is 0 Å². The van der Waals surface area contributed by atoms with Gasteiger partial charge in [0.1, 0.15) is 11.6 Å². The first kappa shape index (κ1) is 8.23. The van der Waals surface area contributed by atoms with Crippen molar-refractivity contribution in [3.8, 4) is 0 Å². The van der Waals surface area contributed by atoms with E-state index in [1.807, 2.05) is 6.92 Å².